The zero-order valence-corrected chi connectivity index (χ0v) is 11.1. The molecule has 0 bridgehead atoms. The molecule has 0 aromatic rings. The van der Waals surface area contributed by atoms with Crippen LogP contribution in [0.25, 0.3) is 0 Å². The van der Waals surface area contributed by atoms with Gasteiger partial charge in [-0.15, -0.1) is 0 Å². The van der Waals surface area contributed by atoms with E-state index in [1.165, 1.54) is 6.42 Å². The fraction of sp³-hybridized carbons (Fsp3) is 0.833. The Balaban J connectivity index is 2.47. The van der Waals surface area contributed by atoms with Crippen LogP contribution in [-0.4, -0.2) is 28.9 Å². The molecule has 0 saturated carbocycles. The van der Waals surface area contributed by atoms with E-state index in [4.69, 9.17) is 18.0 Å². The highest BCUT2D eigenvalue weighted by Gasteiger charge is 2.24. The molecular weight excluding hydrogens is 220 g/mol. The summed E-state index contributed by atoms with van der Waals surface area (Å²) in [6.07, 6.45) is 4.88. The van der Waals surface area contributed by atoms with E-state index < -0.39 is 0 Å². The summed E-state index contributed by atoms with van der Waals surface area (Å²) in [7, 11) is 0. The van der Waals surface area contributed by atoms with Crippen LogP contribution < -0.4 is 5.73 Å². The second-order valence-electron chi connectivity index (χ2n) is 5.19. The Hall–Kier alpha value is -0.640. The van der Waals surface area contributed by atoms with Gasteiger partial charge >= 0.3 is 0 Å². The molecule has 4 heteroatoms. The van der Waals surface area contributed by atoms with E-state index in [0.29, 0.717) is 11.4 Å². The van der Waals surface area contributed by atoms with Crippen molar-refractivity contribution < 1.29 is 4.79 Å². The summed E-state index contributed by atoms with van der Waals surface area (Å²) in [4.78, 5) is 14.3. The quantitative estimate of drug-likeness (QED) is 0.768. The highest BCUT2D eigenvalue weighted by atomic mass is 32.1. The van der Waals surface area contributed by atoms with Crippen LogP contribution in [0.5, 0.6) is 0 Å². The molecule has 0 unspecified atom stereocenters. The van der Waals surface area contributed by atoms with Crippen molar-refractivity contribution in [3.05, 3.63) is 0 Å². The van der Waals surface area contributed by atoms with Gasteiger partial charge in [0.2, 0.25) is 5.91 Å². The summed E-state index contributed by atoms with van der Waals surface area (Å²) in [6, 6.07) is 0. The van der Waals surface area contributed by atoms with Crippen molar-refractivity contribution in [3.63, 3.8) is 0 Å². The van der Waals surface area contributed by atoms with Crippen molar-refractivity contribution in [1.82, 2.24) is 4.90 Å². The lowest BCUT2D eigenvalue weighted by Crippen LogP contribution is -2.37. The summed E-state index contributed by atoms with van der Waals surface area (Å²) in [5, 5.41) is 0. The standard InChI is InChI=1S/C12H22N2OS/c1-12(2,11(13)16)7-9-14-8-5-3-4-6-10(14)15/h3-9H2,1-2H3,(H2,13,16). The molecule has 1 heterocycles. The van der Waals surface area contributed by atoms with E-state index >= 15 is 0 Å². The number of amides is 1. The predicted octanol–water partition coefficient (Wildman–Crippen LogP) is 2.09. The largest absolute Gasteiger partial charge is 0.393 e. The molecule has 0 aromatic heterocycles. The van der Waals surface area contributed by atoms with Gasteiger partial charge in [-0.05, 0) is 19.3 Å². The normalized spacial score (nSPS) is 18.4. The van der Waals surface area contributed by atoms with E-state index in [-0.39, 0.29) is 11.3 Å². The van der Waals surface area contributed by atoms with Crippen LogP contribution in [0.1, 0.15) is 46.0 Å². The number of likely N-dealkylation sites (tertiary alicyclic amines) is 1. The average molecular weight is 242 g/mol. The minimum Gasteiger partial charge on any atom is -0.393 e. The Morgan fingerprint density at radius 1 is 1.44 bits per heavy atom. The van der Waals surface area contributed by atoms with Gasteiger partial charge in [-0.1, -0.05) is 32.5 Å². The van der Waals surface area contributed by atoms with Gasteiger partial charge in [0, 0.05) is 24.9 Å². The van der Waals surface area contributed by atoms with Crippen molar-refractivity contribution in [1.29, 1.82) is 0 Å². The maximum Gasteiger partial charge on any atom is 0.222 e. The molecule has 0 atom stereocenters. The predicted molar refractivity (Wildman–Crippen MR) is 70.2 cm³/mol. The number of carbonyl (C=O) groups excluding carboxylic acids is 1. The van der Waals surface area contributed by atoms with Crippen LogP contribution in [0.15, 0.2) is 0 Å². The van der Waals surface area contributed by atoms with Gasteiger partial charge in [0.15, 0.2) is 0 Å². The van der Waals surface area contributed by atoms with Gasteiger partial charge in [0.1, 0.15) is 0 Å². The maximum absolute atomic E-state index is 11.8. The Labute approximate surface area is 103 Å². The first-order valence-electron chi connectivity index (χ1n) is 6.01. The molecule has 3 nitrogen and oxygen atoms in total. The van der Waals surface area contributed by atoms with Crippen molar-refractivity contribution in [2.24, 2.45) is 11.1 Å². The zero-order valence-electron chi connectivity index (χ0n) is 10.3. The van der Waals surface area contributed by atoms with Gasteiger partial charge in [0.25, 0.3) is 0 Å². The molecule has 2 N–H and O–H groups in total. The van der Waals surface area contributed by atoms with Crippen molar-refractivity contribution in [2.75, 3.05) is 13.1 Å². The fourth-order valence-electron chi connectivity index (χ4n) is 1.81. The molecule has 0 aliphatic carbocycles. The molecule has 1 rings (SSSR count). The summed E-state index contributed by atoms with van der Waals surface area (Å²) >= 11 is 5.03. The molecule has 0 radical (unpaired) electrons. The molecule has 0 aromatic carbocycles. The Morgan fingerprint density at radius 2 is 2.12 bits per heavy atom. The lowest BCUT2D eigenvalue weighted by Gasteiger charge is -2.28. The van der Waals surface area contributed by atoms with Crippen LogP contribution >= 0.6 is 12.2 Å². The van der Waals surface area contributed by atoms with Crippen LogP contribution in [0.2, 0.25) is 0 Å². The maximum atomic E-state index is 11.8. The SMILES string of the molecule is CC(C)(CCN1CCCCCC1=O)C(N)=S. The monoisotopic (exact) mass is 242 g/mol. The first-order chi connectivity index (χ1) is 7.43. The third-order valence-corrected chi connectivity index (χ3v) is 3.90. The smallest absolute Gasteiger partial charge is 0.222 e. The first kappa shape index (κ1) is 13.4. The van der Waals surface area contributed by atoms with Crippen molar-refractivity contribution >= 4 is 23.1 Å². The molecule has 1 saturated heterocycles. The average Bonchev–Trinajstić information content (AvgIpc) is 2.40. The first-order valence-corrected chi connectivity index (χ1v) is 6.42. The lowest BCUT2D eigenvalue weighted by atomic mass is 9.89. The third-order valence-electron chi connectivity index (χ3n) is 3.35. The highest BCUT2D eigenvalue weighted by Crippen LogP contribution is 2.22. The van der Waals surface area contributed by atoms with E-state index in [0.717, 1.165) is 32.4 Å². The molecule has 1 aliphatic heterocycles. The molecule has 1 fully saturated rings. The molecule has 1 amide bonds. The summed E-state index contributed by atoms with van der Waals surface area (Å²) in [6.45, 7) is 5.75. The minimum atomic E-state index is -0.151. The van der Waals surface area contributed by atoms with Crippen LogP contribution in [0.3, 0.4) is 0 Å². The fourth-order valence-corrected chi connectivity index (χ4v) is 1.91. The van der Waals surface area contributed by atoms with Gasteiger partial charge in [-0.3, -0.25) is 4.79 Å². The summed E-state index contributed by atoms with van der Waals surface area (Å²) < 4.78 is 0. The number of nitrogens with two attached hydrogens (primary N) is 1. The van der Waals surface area contributed by atoms with E-state index in [1.807, 2.05) is 18.7 Å². The van der Waals surface area contributed by atoms with Gasteiger partial charge in [-0.25, -0.2) is 0 Å². The van der Waals surface area contributed by atoms with Crippen LogP contribution in [0, 0.1) is 5.41 Å². The van der Waals surface area contributed by atoms with E-state index in [2.05, 4.69) is 0 Å². The number of hydrogen-bond donors (Lipinski definition) is 1. The third kappa shape index (κ3) is 3.74. The van der Waals surface area contributed by atoms with Crippen molar-refractivity contribution in [3.8, 4) is 0 Å². The molecule has 16 heavy (non-hydrogen) atoms. The van der Waals surface area contributed by atoms with E-state index in [1.54, 1.807) is 0 Å². The number of rotatable bonds is 4. The second-order valence-corrected chi connectivity index (χ2v) is 5.63. The van der Waals surface area contributed by atoms with Crippen LogP contribution in [-0.2, 0) is 4.79 Å². The molecule has 92 valence electrons. The van der Waals surface area contributed by atoms with Gasteiger partial charge in [0.05, 0.1) is 4.99 Å². The second kappa shape index (κ2) is 5.62. The van der Waals surface area contributed by atoms with E-state index in [9.17, 15) is 4.79 Å². The van der Waals surface area contributed by atoms with Gasteiger partial charge in [-0.2, -0.15) is 0 Å². The molecular formula is C12H22N2OS. The van der Waals surface area contributed by atoms with Gasteiger partial charge < -0.3 is 10.6 Å². The summed E-state index contributed by atoms with van der Waals surface area (Å²) in [5.41, 5.74) is 5.53. The number of thiocarbonyl (C=S) groups is 1. The Bertz CT molecular complexity index is 276. The zero-order chi connectivity index (χ0) is 12.2. The Morgan fingerprint density at radius 3 is 2.75 bits per heavy atom. The minimum absolute atomic E-state index is 0.151. The van der Waals surface area contributed by atoms with Crippen molar-refractivity contribution in [2.45, 2.75) is 46.0 Å². The van der Waals surface area contributed by atoms with Crippen LogP contribution in [0.4, 0.5) is 0 Å². The number of carbonyl (C=O) groups is 1. The molecule has 1 aliphatic rings. The molecule has 0 spiro atoms. The highest BCUT2D eigenvalue weighted by molar-refractivity contribution is 7.80. The number of hydrogen-bond acceptors (Lipinski definition) is 2. The lowest BCUT2D eigenvalue weighted by molar-refractivity contribution is -0.130. The topological polar surface area (TPSA) is 46.3 Å². The Kier molecular flexibility index (Phi) is 4.71. The summed E-state index contributed by atoms with van der Waals surface area (Å²) in [5.74, 6) is 0.288. The number of nitrogens with zero attached hydrogens (tertiary/aromatic N) is 1.